The summed E-state index contributed by atoms with van der Waals surface area (Å²) in [7, 11) is 0. The summed E-state index contributed by atoms with van der Waals surface area (Å²) < 4.78 is 27.9. The van der Waals surface area contributed by atoms with Crippen LogP contribution in [0.5, 0.6) is 0 Å². The Labute approximate surface area is 161 Å². The van der Waals surface area contributed by atoms with E-state index in [1.165, 1.54) is 6.07 Å². The second kappa shape index (κ2) is 8.28. The maximum Gasteiger partial charge on any atom is 0.305 e. The van der Waals surface area contributed by atoms with Crippen LogP contribution in [0.4, 0.5) is 20.4 Å². The van der Waals surface area contributed by atoms with Gasteiger partial charge in [-0.1, -0.05) is 26.8 Å². The predicted octanol–water partition coefficient (Wildman–Crippen LogP) is 3.48. The normalized spacial score (nSPS) is 13.3. The summed E-state index contributed by atoms with van der Waals surface area (Å²) in [6.45, 7) is 7.19. The molecule has 0 amide bonds. The number of allylic oxidation sites excluding steroid dienone is 1. The Morgan fingerprint density at radius 3 is 2.57 bits per heavy atom. The molecule has 7 nitrogen and oxygen atoms in total. The molecule has 0 fully saturated rings. The van der Waals surface area contributed by atoms with Gasteiger partial charge in [0.25, 0.3) is 0 Å². The van der Waals surface area contributed by atoms with Crippen LogP contribution in [0.1, 0.15) is 45.5 Å². The van der Waals surface area contributed by atoms with Crippen LogP contribution < -0.4 is 11.1 Å². The number of carboxylic acids is 1. The molecule has 9 heteroatoms. The Kier molecular flexibility index (Phi) is 6.27. The summed E-state index contributed by atoms with van der Waals surface area (Å²) in [5.74, 6) is -2.30. The monoisotopic (exact) mass is 391 g/mol. The molecule has 0 radical (unpaired) electrons. The van der Waals surface area contributed by atoms with Crippen LogP contribution in [-0.2, 0) is 4.79 Å². The number of nitrogen functional groups attached to an aromatic ring is 1. The number of hydrogen-bond donors (Lipinski definition) is 3. The number of halogens is 2. The van der Waals surface area contributed by atoms with Gasteiger partial charge in [0, 0.05) is 17.2 Å². The summed E-state index contributed by atoms with van der Waals surface area (Å²) >= 11 is 0. The number of nitrogens with zero attached hydrogens (tertiary/aromatic N) is 3. The number of carboxylic acid groups (broad SMARTS) is 1. The third-order valence-electron chi connectivity index (χ3n) is 4.18. The van der Waals surface area contributed by atoms with Crippen molar-refractivity contribution in [1.82, 2.24) is 15.0 Å². The number of carbonyl (C=O) groups is 1. The molecule has 0 aliphatic carbocycles. The van der Waals surface area contributed by atoms with Crippen LogP contribution in [0.2, 0.25) is 0 Å². The van der Waals surface area contributed by atoms with Crippen molar-refractivity contribution in [2.24, 2.45) is 5.41 Å². The Balaban J connectivity index is 2.46. The first-order valence-electron chi connectivity index (χ1n) is 8.62. The average Bonchev–Trinajstić information content (AvgIpc) is 2.59. The predicted molar refractivity (Wildman–Crippen MR) is 102 cm³/mol. The van der Waals surface area contributed by atoms with Gasteiger partial charge in [-0.3, -0.25) is 4.79 Å². The van der Waals surface area contributed by atoms with Crippen LogP contribution in [-0.4, -0.2) is 32.1 Å². The zero-order valence-electron chi connectivity index (χ0n) is 16.1. The fourth-order valence-corrected chi connectivity index (χ4v) is 2.58. The quantitative estimate of drug-likeness (QED) is 0.691. The second-order valence-corrected chi connectivity index (χ2v) is 7.34. The molecule has 1 atom stereocenters. The molecule has 2 aromatic rings. The number of rotatable bonds is 6. The summed E-state index contributed by atoms with van der Waals surface area (Å²) in [6, 6.07) is 0.608. The van der Waals surface area contributed by atoms with E-state index >= 15 is 0 Å². The molecule has 1 unspecified atom stereocenters. The van der Waals surface area contributed by atoms with Gasteiger partial charge in [-0.25, -0.2) is 23.7 Å². The van der Waals surface area contributed by atoms with E-state index in [2.05, 4.69) is 20.3 Å². The molecule has 0 aromatic carbocycles. The van der Waals surface area contributed by atoms with E-state index in [1.807, 2.05) is 20.8 Å². The van der Waals surface area contributed by atoms with E-state index in [1.54, 1.807) is 13.0 Å². The van der Waals surface area contributed by atoms with Crippen LogP contribution in [0.3, 0.4) is 0 Å². The van der Waals surface area contributed by atoms with Gasteiger partial charge < -0.3 is 16.2 Å². The van der Waals surface area contributed by atoms with Crippen molar-refractivity contribution >= 4 is 23.2 Å². The lowest BCUT2D eigenvalue weighted by Crippen LogP contribution is -2.36. The highest BCUT2D eigenvalue weighted by atomic mass is 19.1. The minimum Gasteiger partial charge on any atom is -0.481 e. The third kappa shape index (κ3) is 4.99. The van der Waals surface area contributed by atoms with Crippen LogP contribution >= 0.6 is 0 Å². The van der Waals surface area contributed by atoms with Gasteiger partial charge in [0.1, 0.15) is 11.6 Å². The average molecular weight is 391 g/mol. The molecule has 0 spiro atoms. The summed E-state index contributed by atoms with van der Waals surface area (Å²) in [5.41, 5.74) is 6.01. The lowest BCUT2D eigenvalue weighted by atomic mass is 9.85. The molecular weight excluding hydrogens is 368 g/mol. The maximum atomic E-state index is 14.3. The lowest BCUT2D eigenvalue weighted by Gasteiger charge is -2.31. The fourth-order valence-electron chi connectivity index (χ4n) is 2.58. The van der Waals surface area contributed by atoms with E-state index in [4.69, 9.17) is 10.8 Å². The summed E-state index contributed by atoms with van der Waals surface area (Å²) in [5, 5.41) is 12.0. The molecule has 2 aromatic heterocycles. The number of aromatic nitrogens is 3. The van der Waals surface area contributed by atoms with Gasteiger partial charge >= 0.3 is 5.97 Å². The molecule has 0 aliphatic heterocycles. The number of hydrogen-bond acceptors (Lipinski definition) is 6. The van der Waals surface area contributed by atoms with E-state index in [0.29, 0.717) is 5.57 Å². The molecule has 4 N–H and O–H groups in total. The summed E-state index contributed by atoms with van der Waals surface area (Å²) in [6.07, 6.45) is 3.35. The Morgan fingerprint density at radius 1 is 1.32 bits per heavy atom. The standard InChI is InChI=1S/C19H23F2N5O2/c1-5-11(12-6-10(20)8-23-16(12)22)17-24-9-13(21)18(26-17)25-14(7-15(27)28)19(2,3)4/h5-6,8-9,14H,7H2,1-4H3,(H2,22,23)(H,27,28)(H,24,25,26)/b11-5+. The first-order valence-corrected chi connectivity index (χ1v) is 8.62. The molecule has 28 heavy (non-hydrogen) atoms. The molecule has 150 valence electrons. The zero-order valence-corrected chi connectivity index (χ0v) is 16.1. The molecular formula is C19H23F2N5O2. The molecule has 2 heterocycles. The maximum absolute atomic E-state index is 14.3. The minimum absolute atomic E-state index is 0.0791. The van der Waals surface area contributed by atoms with Crippen LogP contribution in [0.25, 0.3) is 5.57 Å². The van der Waals surface area contributed by atoms with Gasteiger partial charge in [0.05, 0.1) is 18.8 Å². The highest BCUT2D eigenvalue weighted by Crippen LogP contribution is 2.29. The first kappa shape index (κ1) is 21.2. The van der Waals surface area contributed by atoms with Crippen LogP contribution in [0.15, 0.2) is 24.5 Å². The van der Waals surface area contributed by atoms with Crippen molar-refractivity contribution in [3.63, 3.8) is 0 Å². The second-order valence-electron chi connectivity index (χ2n) is 7.34. The molecule has 0 bridgehead atoms. The van der Waals surface area contributed by atoms with E-state index < -0.39 is 29.1 Å². The summed E-state index contributed by atoms with van der Waals surface area (Å²) in [4.78, 5) is 23.1. The number of nitrogens with one attached hydrogen (secondary N) is 1. The smallest absolute Gasteiger partial charge is 0.305 e. The molecule has 0 aliphatic rings. The molecule has 0 saturated carbocycles. The van der Waals surface area contributed by atoms with Crippen molar-refractivity contribution < 1.29 is 18.7 Å². The van der Waals surface area contributed by atoms with Gasteiger partial charge in [-0.05, 0) is 18.4 Å². The molecule has 2 rings (SSSR count). The van der Waals surface area contributed by atoms with Gasteiger partial charge in [-0.2, -0.15) is 0 Å². The van der Waals surface area contributed by atoms with Crippen molar-refractivity contribution in [1.29, 1.82) is 0 Å². The van der Waals surface area contributed by atoms with Crippen molar-refractivity contribution in [2.45, 2.75) is 40.2 Å². The van der Waals surface area contributed by atoms with E-state index in [-0.39, 0.29) is 29.4 Å². The molecule has 0 saturated heterocycles. The van der Waals surface area contributed by atoms with Crippen LogP contribution in [0, 0.1) is 17.0 Å². The van der Waals surface area contributed by atoms with Gasteiger partial charge in [-0.15, -0.1) is 0 Å². The topological polar surface area (TPSA) is 114 Å². The zero-order chi connectivity index (χ0) is 21.1. The number of nitrogens with two attached hydrogens (primary N) is 1. The minimum atomic E-state index is -1.02. The van der Waals surface area contributed by atoms with Crippen molar-refractivity contribution in [3.8, 4) is 0 Å². The Hall–Kier alpha value is -3.10. The number of anilines is 2. The van der Waals surface area contributed by atoms with Gasteiger partial charge in [0.2, 0.25) is 0 Å². The van der Waals surface area contributed by atoms with E-state index in [9.17, 15) is 13.6 Å². The SMILES string of the molecule is C/C=C(/c1ncc(F)c(NC(CC(=O)O)C(C)(C)C)n1)c1cc(F)cnc1N. The van der Waals surface area contributed by atoms with Gasteiger partial charge in [0.15, 0.2) is 17.5 Å². The third-order valence-corrected chi connectivity index (χ3v) is 4.18. The number of aliphatic carboxylic acids is 1. The van der Waals surface area contributed by atoms with E-state index in [0.717, 1.165) is 12.4 Å². The highest BCUT2D eigenvalue weighted by molar-refractivity contribution is 5.81. The fraction of sp³-hybridized carbons (Fsp3) is 0.368. The Morgan fingerprint density at radius 2 is 2.00 bits per heavy atom. The largest absolute Gasteiger partial charge is 0.481 e. The first-order chi connectivity index (χ1) is 13.0. The van der Waals surface area contributed by atoms with Crippen molar-refractivity contribution in [2.75, 3.05) is 11.1 Å². The van der Waals surface area contributed by atoms with Crippen molar-refractivity contribution in [3.05, 3.63) is 47.6 Å². The Bertz CT molecular complexity index is 910. The highest BCUT2D eigenvalue weighted by Gasteiger charge is 2.28. The lowest BCUT2D eigenvalue weighted by molar-refractivity contribution is -0.137. The number of pyridine rings is 1.